The smallest absolute Gasteiger partial charge is 0.329 e. The summed E-state index contributed by atoms with van der Waals surface area (Å²) in [6, 6.07) is 4.62. The molecular weight excluding hydrogens is 1120 g/mol. The maximum atomic E-state index is 14.4. The first-order chi connectivity index (χ1) is 42.1. The molecule has 86 heavy (non-hydrogen) atoms. The van der Waals surface area contributed by atoms with Crippen LogP contribution in [0.1, 0.15) is 293 Å². The summed E-state index contributed by atoms with van der Waals surface area (Å²) < 4.78 is 49.2. The molecule has 0 heterocycles. The second-order valence-corrected chi connectivity index (χ2v) is 25.5. The number of unbranched alkanes of at least 4 members (excludes halogenated alkanes) is 30. The number of rotatable bonds is 59. The zero-order valence-corrected chi connectivity index (χ0v) is 56.9. The largest absolute Gasteiger partial charge is 0.490 e. The predicted molar refractivity (Wildman–Crippen MR) is 358 cm³/mol. The van der Waals surface area contributed by atoms with Gasteiger partial charge in [-0.2, -0.15) is 0 Å². The summed E-state index contributed by atoms with van der Waals surface area (Å²) in [5.74, 6) is 0.635. The van der Waals surface area contributed by atoms with E-state index in [9.17, 15) is 19.2 Å². The SMILES string of the molecule is CCCCCCCCOc1cc(C(=O)NC(CSSCC(NC(=O)c2cc(OCCCCCCCC)c(OCCCCCCCC)c(OCCCCCCCC)c2)C(=O)OC)C(=O)OC)cc(OCCCCCCCC)c1OCCCCCCCC. The number of carbonyl (C=O) groups is 4. The van der Waals surface area contributed by atoms with Gasteiger partial charge in [0.1, 0.15) is 12.1 Å². The van der Waals surface area contributed by atoms with Gasteiger partial charge < -0.3 is 48.5 Å². The molecule has 0 radical (unpaired) electrons. The number of hydrogen-bond donors (Lipinski definition) is 2. The van der Waals surface area contributed by atoms with Crippen molar-refractivity contribution < 1.29 is 57.1 Å². The van der Waals surface area contributed by atoms with Crippen molar-refractivity contribution in [2.24, 2.45) is 0 Å². The first-order valence-electron chi connectivity index (χ1n) is 34.3. The van der Waals surface area contributed by atoms with Crippen molar-refractivity contribution in [1.29, 1.82) is 0 Å². The van der Waals surface area contributed by atoms with Crippen LogP contribution < -0.4 is 39.1 Å². The zero-order chi connectivity index (χ0) is 62.5. The quantitative estimate of drug-likeness (QED) is 0.0365. The predicted octanol–water partition coefficient (Wildman–Crippen LogP) is 18.7. The van der Waals surface area contributed by atoms with E-state index in [1.165, 1.54) is 151 Å². The summed E-state index contributed by atoms with van der Waals surface area (Å²) in [5, 5.41) is 5.81. The highest BCUT2D eigenvalue weighted by Crippen LogP contribution is 2.41. The van der Waals surface area contributed by atoms with E-state index in [0.717, 1.165) is 116 Å². The number of benzene rings is 2. The molecule has 0 aromatic heterocycles. The summed E-state index contributed by atoms with van der Waals surface area (Å²) in [4.78, 5) is 55.5. The first-order valence-corrected chi connectivity index (χ1v) is 36.8. The molecule has 16 heteroatoms. The van der Waals surface area contributed by atoms with Crippen molar-refractivity contribution in [3.8, 4) is 34.5 Å². The molecule has 2 rings (SSSR count). The standard InChI is InChI=1S/C70H120N2O12S2/c1-9-15-21-27-33-39-45-79-61-51-57(52-62(80-46-40-34-28-22-16-10-2)65(61)83-49-43-37-31-25-19-13-5)67(73)71-59(69(75)77-7)55-85-86-56-60(70(76)78-8)72-68(74)58-53-63(81-47-41-35-29-23-17-11-3)66(84-50-44-38-32-26-20-14-6)64(54-58)82-48-42-36-30-24-18-12-4/h51-54,59-60H,9-50,55-56H2,1-8H3,(H,71,73)(H,72,74). The third kappa shape index (κ3) is 36.3. The minimum atomic E-state index is -1.06. The van der Waals surface area contributed by atoms with E-state index in [1.54, 1.807) is 24.3 Å². The Morgan fingerprint density at radius 2 is 0.535 bits per heavy atom. The summed E-state index contributed by atoms with van der Waals surface area (Å²) in [6.07, 6.45) is 39.8. The van der Waals surface area contributed by atoms with Crippen LogP contribution in [0.4, 0.5) is 0 Å². The van der Waals surface area contributed by atoms with Gasteiger partial charge in [-0.05, 0) is 62.8 Å². The fourth-order valence-corrected chi connectivity index (χ4v) is 12.1. The third-order valence-electron chi connectivity index (χ3n) is 15.2. The van der Waals surface area contributed by atoms with Gasteiger partial charge in [-0.15, -0.1) is 0 Å². The number of carbonyl (C=O) groups excluding carboxylic acids is 4. The Hall–Kier alpha value is -4.18. The molecule has 0 saturated carbocycles. The highest BCUT2D eigenvalue weighted by atomic mass is 33.1. The molecule has 0 bridgehead atoms. The van der Waals surface area contributed by atoms with Crippen LogP contribution in [0, 0.1) is 0 Å². The van der Waals surface area contributed by atoms with E-state index < -0.39 is 35.8 Å². The molecule has 2 aromatic rings. The van der Waals surface area contributed by atoms with Crippen LogP contribution in [0.3, 0.4) is 0 Å². The summed E-state index contributed by atoms with van der Waals surface area (Å²) in [5.41, 5.74) is 0.523. The average molecular weight is 1250 g/mol. The number of hydrogen-bond acceptors (Lipinski definition) is 14. The Bertz CT molecular complexity index is 1820. The molecule has 14 nitrogen and oxygen atoms in total. The van der Waals surface area contributed by atoms with Crippen molar-refractivity contribution in [2.75, 3.05) is 65.4 Å². The summed E-state index contributed by atoms with van der Waals surface area (Å²) in [6.45, 7) is 16.1. The number of ether oxygens (including phenoxy) is 8. The van der Waals surface area contributed by atoms with Crippen LogP contribution in [0.2, 0.25) is 0 Å². The normalized spacial score (nSPS) is 11.9. The van der Waals surface area contributed by atoms with Crippen LogP contribution in [-0.4, -0.2) is 101 Å². The molecule has 2 N–H and O–H groups in total. The molecule has 0 aliphatic heterocycles. The Morgan fingerprint density at radius 1 is 0.326 bits per heavy atom. The van der Waals surface area contributed by atoms with Crippen molar-refractivity contribution in [3.63, 3.8) is 0 Å². The Kier molecular flexibility index (Phi) is 48.8. The maximum Gasteiger partial charge on any atom is 0.329 e. The van der Waals surface area contributed by atoms with Gasteiger partial charge in [0.25, 0.3) is 11.8 Å². The van der Waals surface area contributed by atoms with Crippen molar-refractivity contribution in [2.45, 2.75) is 285 Å². The first kappa shape index (κ1) is 77.9. The second-order valence-electron chi connectivity index (χ2n) is 23.0. The Balaban J connectivity index is 2.40. The van der Waals surface area contributed by atoms with E-state index in [2.05, 4.69) is 52.2 Å². The Morgan fingerprint density at radius 3 is 0.756 bits per heavy atom. The van der Waals surface area contributed by atoms with Crippen LogP contribution in [-0.2, 0) is 19.1 Å². The van der Waals surface area contributed by atoms with Crippen LogP contribution >= 0.6 is 21.6 Å². The summed E-state index contributed by atoms with van der Waals surface area (Å²) >= 11 is 0. The molecule has 2 aromatic carbocycles. The number of amides is 2. The molecule has 0 aliphatic rings. The summed E-state index contributed by atoms with van der Waals surface area (Å²) in [7, 11) is 5.09. The molecule has 2 unspecified atom stereocenters. The molecule has 494 valence electrons. The molecule has 2 atom stereocenters. The lowest BCUT2D eigenvalue weighted by Crippen LogP contribution is -2.44. The topological polar surface area (TPSA) is 166 Å². The van der Waals surface area contributed by atoms with Gasteiger partial charge in [0.15, 0.2) is 23.0 Å². The van der Waals surface area contributed by atoms with Gasteiger partial charge in [-0.1, -0.05) is 256 Å². The lowest BCUT2D eigenvalue weighted by atomic mass is 10.1. The zero-order valence-electron chi connectivity index (χ0n) is 55.3. The lowest BCUT2D eigenvalue weighted by Gasteiger charge is -2.21. The monoisotopic (exact) mass is 1240 g/mol. The van der Waals surface area contributed by atoms with Crippen LogP contribution in [0.5, 0.6) is 34.5 Å². The molecule has 0 fully saturated rings. The van der Waals surface area contributed by atoms with E-state index in [4.69, 9.17) is 37.9 Å². The van der Waals surface area contributed by atoms with Gasteiger partial charge in [0.2, 0.25) is 11.5 Å². The second kappa shape index (κ2) is 53.8. The molecule has 0 aliphatic carbocycles. The fraction of sp³-hybridized carbons (Fsp3) is 0.771. The van der Waals surface area contributed by atoms with E-state index in [1.807, 2.05) is 0 Å². The van der Waals surface area contributed by atoms with Gasteiger partial charge in [-0.25, -0.2) is 9.59 Å². The minimum Gasteiger partial charge on any atom is -0.490 e. The van der Waals surface area contributed by atoms with E-state index in [0.29, 0.717) is 74.1 Å². The van der Waals surface area contributed by atoms with E-state index in [-0.39, 0.29) is 22.6 Å². The highest BCUT2D eigenvalue weighted by molar-refractivity contribution is 8.76. The molecule has 2 amide bonds. The molecular formula is C70H120N2O12S2. The van der Waals surface area contributed by atoms with Gasteiger partial charge in [0, 0.05) is 22.6 Å². The van der Waals surface area contributed by atoms with Crippen molar-refractivity contribution >= 4 is 45.3 Å². The van der Waals surface area contributed by atoms with Gasteiger partial charge in [0.05, 0.1) is 53.9 Å². The van der Waals surface area contributed by atoms with Gasteiger partial charge >= 0.3 is 11.9 Å². The van der Waals surface area contributed by atoms with Crippen LogP contribution in [0.15, 0.2) is 24.3 Å². The number of methoxy groups -OCH3 is 2. The number of nitrogens with one attached hydrogen (secondary N) is 2. The third-order valence-corrected chi connectivity index (χ3v) is 17.6. The average Bonchev–Trinajstić information content (AvgIpc) is 1.77. The Labute approximate surface area is 530 Å². The van der Waals surface area contributed by atoms with Crippen molar-refractivity contribution in [1.82, 2.24) is 10.6 Å². The van der Waals surface area contributed by atoms with Gasteiger partial charge in [-0.3, -0.25) is 9.59 Å². The minimum absolute atomic E-state index is 0.0892. The lowest BCUT2D eigenvalue weighted by molar-refractivity contribution is -0.143. The highest BCUT2D eigenvalue weighted by Gasteiger charge is 2.28. The fourth-order valence-electron chi connectivity index (χ4n) is 9.84. The maximum absolute atomic E-state index is 14.4. The number of esters is 2. The molecule has 0 spiro atoms. The van der Waals surface area contributed by atoms with E-state index >= 15 is 0 Å². The van der Waals surface area contributed by atoms with Crippen LogP contribution in [0.25, 0.3) is 0 Å². The van der Waals surface area contributed by atoms with Crippen molar-refractivity contribution in [3.05, 3.63) is 35.4 Å². The molecule has 0 saturated heterocycles.